The molecule has 0 N–H and O–H groups in total. The highest BCUT2D eigenvalue weighted by Crippen LogP contribution is 2.23. The van der Waals surface area contributed by atoms with E-state index in [1.54, 1.807) is 0 Å². The predicted molar refractivity (Wildman–Crippen MR) is 72.8 cm³/mol. The second-order valence-corrected chi connectivity index (χ2v) is 4.71. The van der Waals surface area contributed by atoms with Crippen LogP contribution in [0.15, 0.2) is 36.4 Å². The second-order valence-electron chi connectivity index (χ2n) is 3.83. The Hall–Kier alpha value is -1.58. The van der Waals surface area contributed by atoms with Crippen molar-refractivity contribution in [3.05, 3.63) is 63.4 Å². The van der Waals surface area contributed by atoms with Crippen molar-refractivity contribution in [3.63, 3.8) is 0 Å². The fraction of sp³-hybridized carbons (Fsp3) is 0.0714. The van der Waals surface area contributed by atoms with Gasteiger partial charge in [-0.25, -0.2) is 4.39 Å². The van der Waals surface area contributed by atoms with Crippen LogP contribution >= 0.6 is 23.2 Å². The van der Waals surface area contributed by atoms with Gasteiger partial charge in [-0.05, 0) is 30.3 Å². The molecule has 0 fully saturated rings. The summed E-state index contributed by atoms with van der Waals surface area (Å²) in [7, 11) is 1.42. The summed E-state index contributed by atoms with van der Waals surface area (Å²) in [6, 6.07) is 8.43. The minimum absolute atomic E-state index is 0.0564. The van der Waals surface area contributed by atoms with Gasteiger partial charge in [-0.2, -0.15) is 0 Å². The maximum absolute atomic E-state index is 13.8. The van der Waals surface area contributed by atoms with Crippen LogP contribution in [0.4, 0.5) is 4.39 Å². The lowest BCUT2D eigenvalue weighted by molar-refractivity contribution is 0.103. The van der Waals surface area contributed by atoms with Crippen LogP contribution in [0.5, 0.6) is 5.75 Å². The minimum Gasteiger partial charge on any atom is -0.497 e. The molecule has 0 unspecified atom stereocenters. The highest BCUT2D eigenvalue weighted by molar-refractivity contribution is 6.35. The van der Waals surface area contributed by atoms with E-state index in [1.807, 2.05) is 0 Å². The molecule has 2 aromatic rings. The number of hydrogen-bond donors (Lipinski definition) is 0. The van der Waals surface area contributed by atoms with Gasteiger partial charge in [0.05, 0.1) is 12.7 Å². The van der Waals surface area contributed by atoms with Crippen LogP contribution in [0.2, 0.25) is 10.0 Å². The first kappa shape index (κ1) is 13.8. The number of rotatable bonds is 3. The van der Waals surface area contributed by atoms with Gasteiger partial charge in [0.1, 0.15) is 11.6 Å². The number of hydrogen-bond acceptors (Lipinski definition) is 2. The first-order valence-corrected chi connectivity index (χ1v) is 6.11. The summed E-state index contributed by atoms with van der Waals surface area (Å²) < 4.78 is 18.7. The second kappa shape index (κ2) is 5.59. The van der Waals surface area contributed by atoms with E-state index in [-0.39, 0.29) is 11.1 Å². The van der Waals surface area contributed by atoms with Crippen LogP contribution in [0, 0.1) is 5.82 Å². The third-order valence-electron chi connectivity index (χ3n) is 2.55. The van der Waals surface area contributed by atoms with Gasteiger partial charge >= 0.3 is 0 Å². The third kappa shape index (κ3) is 3.06. The lowest BCUT2D eigenvalue weighted by Gasteiger charge is -2.06. The number of halogens is 3. The topological polar surface area (TPSA) is 26.3 Å². The summed E-state index contributed by atoms with van der Waals surface area (Å²) in [5, 5.41) is 0.648. The van der Waals surface area contributed by atoms with E-state index in [4.69, 9.17) is 27.9 Å². The SMILES string of the molecule is COc1ccc(C(=O)c2cc(Cl)cc(Cl)c2)c(F)c1. The van der Waals surface area contributed by atoms with Crippen LogP contribution in [0.1, 0.15) is 15.9 Å². The Morgan fingerprint density at radius 3 is 2.26 bits per heavy atom. The van der Waals surface area contributed by atoms with E-state index in [2.05, 4.69) is 0 Å². The van der Waals surface area contributed by atoms with Crippen molar-refractivity contribution >= 4 is 29.0 Å². The average molecular weight is 299 g/mol. The molecule has 0 aliphatic heterocycles. The van der Waals surface area contributed by atoms with Gasteiger partial charge < -0.3 is 4.74 Å². The van der Waals surface area contributed by atoms with Crippen molar-refractivity contribution in [2.24, 2.45) is 0 Å². The molecule has 0 aliphatic rings. The van der Waals surface area contributed by atoms with Crippen LogP contribution in [0.3, 0.4) is 0 Å². The van der Waals surface area contributed by atoms with Crippen molar-refractivity contribution in [1.82, 2.24) is 0 Å². The Bertz CT molecular complexity index is 621. The molecule has 0 heterocycles. The summed E-state index contributed by atoms with van der Waals surface area (Å²) in [5.41, 5.74) is 0.181. The zero-order valence-corrected chi connectivity index (χ0v) is 11.4. The van der Waals surface area contributed by atoms with Crippen LogP contribution < -0.4 is 4.74 Å². The number of ketones is 1. The monoisotopic (exact) mass is 298 g/mol. The van der Waals surface area contributed by atoms with Crippen LogP contribution in [-0.4, -0.2) is 12.9 Å². The summed E-state index contributed by atoms with van der Waals surface area (Å²) in [6.45, 7) is 0. The zero-order chi connectivity index (χ0) is 14.0. The predicted octanol–water partition coefficient (Wildman–Crippen LogP) is 4.37. The molecule has 0 spiro atoms. The third-order valence-corrected chi connectivity index (χ3v) is 2.98. The largest absolute Gasteiger partial charge is 0.497 e. The molecule has 19 heavy (non-hydrogen) atoms. The van der Waals surface area contributed by atoms with E-state index in [0.29, 0.717) is 15.8 Å². The quantitative estimate of drug-likeness (QED) is 0.787. The molecule has 2 rings (SSSR count). The Balaban J connectivity index is 2.44. The van der Waals surface area contributed by atoms with Crippen molar-refractivity contribution in [2.75, 3.05) is 7.11 Å². The first-order chi connectivity index (χ1) is 9.01. The maximum Gasteiger partial charge on any atom is 0.196 e. The fourth-order valence-electron chi connectivity index (χ4n) is 1.65. The number of benzene rings is 2. The molecule has 0 atom stereocenters. The number of methoxy groups -OCH3 is 1. The summed E-state index contributed by atoms with van der Waals surface area (Å²) >= 11 is 11.6. The van der Waals surface area contributed by atoms with Crippen LogP contribution in [-0.2, 0) is 0 Å². The molecule has 0 saturated heterocycles. The smallest absolute Gasteiger partial charge is 0.196 e. The fourth-order valence-corrected chi connectivity index (χ4v) is 2.17. The summed E-state index contributed by atoms with van der Waals surface area (Å²) in [5.74, 6) is -0.789. The van der Waals surface area contributed by atoms with E-state index in [1.165, 1.54) is 37.4 Å². The van der Waals surface area contributed by atoms with Crippen molar-refractivity contribution < 1.29 is 13.9 Å². The molecular formula is C14H9Cl2FO2. The molecule has 5 heteroatoms. The van der Waals surface area contributed by atoms with Gasteiger partial charge in [0, 0.05) is 21.7 Å². The Morgan fingerprint density at radius 2 is 1.74 bits per heavy atom. The standard InChI is InChI=1S/C14H9Cl2FO2/c1-19-11-2-3-12(13(17)7-11)14(18)8-4-9(15)6-10(16)5-8/h2-7H,1H3. The first-order valence-electron chi connectivity index (χ1n) is 5.35. The summed E-state index contributed by atoms with van der Waals surface area (Å²) in [4.78, 5) is 12.2. The van der Waals surface area contributed by atoms with E-state index in [0.717, 1.165) is 6.07 Å². The maximum atomic E-state index is 13.8. The molecule has 2 aromatic carbocycles. The lowest BCUT2D eigenvalue weighted by atomic mass is 10.0. The number of carbonyl (C=O) groups is 1. The van der Waals surface area contributed by atoms with Crippen molar-refractivity contribution in [3.8, 4) is 5.75 Å². The van der Waals surface area contributed by atoms with Gasteiger partial charge in [0.25, 0.3) is 0 Å². The molecule has 0 saturated carbocycles. The molecule has 0 bridgehead atoms. The van der Waals surface area contributed by atoms with Crippen molar-refractivity contribution in [2.45, 2.75) is 0 Å². The average Bonchev–Trinajstić information content (AvgIpc) is 2.36. The van der Waals surface area contributed by atoms with Gasteiger partial charge in [0.2, 0.25) is 0 Å². The van der Waals surface area contributed by atoms with E-state index in [9.17, 15) is 9.18 Å². The molecule has 0 amide bonds. The molecule has 2 nitrogen and oxygen atoms in total. The van der Waals surface area contributed by atoms with Gasteiger partial charge in [0.15, 0.2) is 5.78 Å². The van der Waals surface area contributed by atoms with Gasteiger partial charge in [-0.1, -0.05) is 23.2 Å². The highest BCUT2D eigenvalue weighted by atomic mass is 35.5. The number of ether oxygens (including phenoxy) is 1. The Labute approximate surface area is 119 Å². The molecule has 98 valence electrons. The van der Waals surface area contributed by atoms with Crippen molar-refractivity contribution in [1.29, 1.82) is 0 Å². The molecule has 0 aliphatic carbocycles. The normalized spacial score (nSPS) is 10.3. The van der Waals surface area contributed by atoms with Crippen LogP contribution in [0.25, 0.3) is 0 Å². The Morgan fingerprint density at radius 1 is 1.11 bits per heavy atom. The molecule has 0 aromatic heterocycles. The van der Waals surface area contributed by atoms with Gasteiger partial charge in [-0.3, -0.25) is 4.79 Å². The van der Waals surface area contributed by atoms with Gasteiger partial charge in [-0.15, -0.1) is 0 Å². The summed E-state index contributed by atoms with van der Waals surface area (Å²) in [6.07, 6.45) is 0. The number of carbonyl (C=O) groups excluding carboxylic acids is 1. The van der Waals surface area contributed by atoms with E-state index >= 15 is 0 Å². The molecular weight excluding hydrogens is 290 g/mol. The highest BCUT2D eigenvalue weighted by Gasteiger charge is 2.15. The zero-order valence-electron chi connectivity index (χ0n) is 9.91. The minimum atomic E-state index is -0.652. The Kier molecular flexibility index (Phi) is 4.08. The molecule has 0 radical (unpaired) electrons. The van der Waals surface area contributed by atoms with E-state index < -0.39 is 11.6 Å². The lowest BCUT2D eigenvalue weighted by Crippen LogP contribution is -2.04.